The third-order valence-electron chi connectivity index (χ3n) is 8.73. The van der Waals surface area contributed by atoms with E-state index < -0.39 is 0 Å². The fraction of sp³-hybridized carbons (Fsp3) is 0.552. The monoisotopic (exact) mass is 477 g/mol. The van der Waals surface area contributed by atoms with Crippen molar-refractivity contribution in [3.05, 3.63) is 41.6 Å². The van der Waals surface area contributed by atoms with Crippen molar-refractivity contribution < 1.29 is 24.1 Å². The Balaban J connectivity index is 1.34. The lowest BCUT2D eigenvalue weighted by Gasteiger charge is -2.56. The second-order valence-electron chi connectivity index (χ2n) is 11.0. The van der Waals surface area contributed by atoms with E-state index in [9.17, 15) is 9.90 Å². The highest BCUT2D eigenvalue weighted by molar-refractivity contribution is 6.16. The number of nitrogens with zero attached hydrogens (tertiary/aromatic N) is 1. The summed E-state index contributed by atoms with van der Waals surface area (Å²) in [6.45, 7) is 3.77. The largest absolute Gasteiger partial charge is 0.507 e. The number of benzene rings is 2. The molecule has 1 heterocycles. The number of carbonyl (C=O) groups is 1. The molecular formula is C29H35NO5. The van der Waals surface area contributed by atoms with E-state index in [-0.39, 0.29) is 23.9 Å². The molecule has 2 aromatic carbocycles. The summed E-state index contributed by atoms with van der Waals surface area (Å²) < 4.78 is 19.5. The maximum atomic E-state index is 13.1. The van der Waals surface area contributed by atoms with E-state index in [1.54, 1.807) is 13.2 Å². The molecule has 186 valence electrons. The molecule has 3 aromatic rings. The van der Waals surface area contributed by atoms with Crippen molar-refractivity contribution in [1.82, 2.24) is 4.57 Å². The Kier molecular flexibility index (Phi) is 5.76. The van der Waals surface area contributed by atoms with Gasteiger partial charge in [0, 0.05) is 35.5 Å². The number of hydrogen-bond acceptors (Lipinski definition) is 5. The van der Waals surface area contributed by atoms with E-state index in [0.29, 0.717) is 25.3 Å². The Hall–Kier alpha value is -2.57. The van der Waals surface area contributed by atoms with Gasteiger partial charge in [-0.15, -0.1) is 0 Å². The first-order valence-electron chi connectivity index (χ1n) is 13.0. The SMILES string of the molecule is COCCOC(=O)c1c(C)n(CCOC23CC4CC(CC(C4)C2)C3)c2c1cc(O)c1ccccc12. The second kappa shape index (κ2) is 8.82. The van der Waals surface area contributed by atoms with Crippen molar-refractivity contribution in [3.8, 4) is 5.75 Å². The zero-order valence-electron chi connectivity index (χ0n) is 20.7. The van der Waals surface area contributed by atoms with Crippen LogP contribution in [-0.4, -0.2) is 48.2 Å². The minimum Gasteiger partial charge on any atom is -0.507 e. The van der Waals surface area contributed by atoms with E-state index >= 15 is 0 Å². The smallest absolute Gasteiger partial charge is 0.340 e. The lowest BCUT2D eigenvalue weighted by molar-refractivity contribution is -0.163. The van der Waals surface area contributed by atoms with Crippen molar-refractivity contribution in [1.29, 1.82) is 0 Å². The first-order valence-corrected chi connectivity index (χ1v) is 13.0. The maximum Gasteiger partial charge on any atom is 0.340 e. The number of esters is 1. The lowest BCUT2D eigenvalue weighted by Crippen LogP contribution is -2.52. The summed E-state index contributed by atoms with van der Waals surface area (Å²) in [5, 5.41) is 13.2. The van der Waals surface area contributed by atoms with Gasteiger partial charge in [0.25, 0.3) is 0 Å². The summed E-state index contributed by atoms with van der Waals surface area (Å²) in [7, 11) is 1.58. The van der Waals surface area contributed by atoms with Gasteiger partial charge in [0.15, 0.2) is 0 Å². The van der Waals surface area contributed by atoms with Gasteiger partial charge < -0.3 is 23.9 Å². The van der Waals surface area contributed by atoms with Crippen LogP contribution in [0.4, 0.5) is 0 Å². The molecule has 4 aliphatic carbocycles. The van der Waals surface area contributed by atoms with Crippen LogP contribution in [0.15, 0.2) is 30.3 Å². The van der Waals surface area contributed by atoms with Crippen LogP contribution < -0.4 is 0 Å². The van der Waals surface area contributed by atoms with Crippen LogP contribution >= 0.6 is 0 Å². The quantitative estimate of drug-likeness (QED) is 0.338. The van der Waals surface area contributed by atoms with E-state index in [1.165, 1.54) is 38.5 Å². The Morgan fingerprint density at radius 1 is 1.00 bits per heavy atom. The molecule has 4 aliphatic rings. The van der Waals surface area contributed by atoms with Crippen molar-refractivity contribution in [2.45, 2.75) is 57.6 Å². The molecule has 0 atom stereocenters. The van der Waals surface area contributed by atoms with Gasteiger partial charge in [-0.2, -0.15) is 0 Å². The number of fused-ring (bicyclic) bond motifs is 3. The predicted molar refractivity (Wildman–Crippen MR) is 135 cm³/mol. The normalized spacial score (nSPS) is 27.2. The molecule has 4 bridgehead atoms. The zero-order chi connectivity index (χ0) is 24.2. The minimum atomic E-state index is -0.389. The fourth-order valence-electron chi connectivity index (χ4n) is 7.71. The van der Waals surface area contributed by atoms with Gasteiger partial charge in [0.2, 0.25) is 0 Å². The van der Waals surface area contributed by atoms with Crippen molar-refractivity contribution in [3.63, 3.8) is 0 Å². The Morgan fingerprint density at radius 2 is 1.66 bits per heavy atom. The lowest BCUT2D eigenvalue weighted by atomic mass is 9.54. The van der Waals surface area contributed by atoms with Crippen LogP contribution in [0.2, 0.25) is 0 Å². The summed E-state index contributed by atoms with van der Waals surface area (Å²) in [5.41, 5.74) is 2.34. The number of carbonyl (C=O) groups excluding carboxylic acids is 1. The topological polar surface area (TPSA) is 69.9 Å². The first-order chi connectivity index (χ1) is 17.0. The highest BCUT2D eigenvalue weighted by Gasteiger charge is 2.51. The minimum absolute atomic E-state index is 0.0495. The Morgan fingerprint density at radius 3 is 2.31 bits per heavy atom. The zero-order valence-corrected chi connectivity index (χ0v) is 20.7. The molecule has 0 amide bonds. The van der Waals surface area contributed by atoms with Crippen molar-refractivity contribution >= 4 is 27.6 Å². The van der Waals surface area contributed by atoms with Crippen molar-refractivity contribution in [2.75, 3.05) is 26.9 Å². The average Bonchev–Trinajstić information content (AvgIpc) is 3.09. The van der Waals surface area contributed by atoms with Gasteiger partial charge in [-0.05, 0) is 69.3 Å². The summed E-state index contributed by atoms with van der Waals surface area (Å²) >= 11 is 0. The number of aromatic nitrogens is 1. The van der Waals surface area contributed by atoms with Gasteiger partial charge in [0.05, 0.1) is 29.9 Å². The number of rotatable bonds is 8. The molecular weight excluding hydrogens is 442 g/mol. The molecule has 6 nitrogen and oxygen atoms in total. The molecule has 7 rings (SSSR count). The van der Waals surface area contributed by atoms with Gasteiger partial charge in [-0.1, -0.05) is 24.3 Å². The number of hydrogen-bond donors (Lipinski definition) is 1. The molecule has 0 unspecified atom stereocenters. The highest BCUT2D eigenvalue weighted by Crippen LogP contribution is 2.57. The van der Waals surface area contributed by atoms with Crippen LogP contribution in [0, 0.1) is 24.7 Å². The summed E-state index contributed by atoms with van der Waals surface area (Å²) in [6, 6.07) is 9.52. The molecule has 35 heavy (non-hydrogen) atoms. The number of ether oxygens (including phenoxy) is 3. The molecule has 0 aliphatic heterocycles. The molecule has 0 saturated heterocycles. The molecule has 1 N–H and O–H groups in total. The molecule has 1 aromatic heterocycles. The molecule has 6 heteroatoms. The molecule has 0 radical (unpaired) electrons. The Labute approximate surface area is 206 Å². The second-order valence-corrected chi connectivity index (χ2v) is 11.0. The van der Waals surface area contributed by atoms with E-state index in [0.717, 1.165) is 45.1 Å². The van der Waals surface area contributed by atoms with E-state index in [2.05, 4.69) is 4.57 Å². The number of phenolic OH excluding ortho intramolecular Hbond substituents is 1. The van der Waals surface area contributed by atoms with Gasteiger partial charge in [-0.25, -0.2) is 4.79 Å². The van der Waals surface area contributed by atoms with Gasteiger partial charge in [0.1, 0.15) is 12.4 Å². The fourth-order valence-corrected chi connectivity index (χ4v) is 7.71. The van der Waals surface area contributed by atoms with Crippen LogP contribution in [0.5, 0.6) is 5.75 Å². The summed E-state index contributed by atoms with van der Waals surface area (Å²) in [5.74, 6) is 2.31. The Bertz CT molecular complexity index is 1240. The van der Waals surface area contributed by atoms with E-state index in [4.69, 9.17) is 14.2 Å². The van der Waals surface area contributed by atoms with Crippen LogP contribution in [-0.2, 0) is 20.8 Å². The number of aromatic hydroxyl groups is 1. The molecule has 4 saturated carbocycles. The first kappa shape index (κ1) is 22.9. The predicted octanol–water partition coefficient (Wildman–Crippen LogP) is 5.60. The number of phenols is 1. The van der Waals surface area contributed by atoms with Crippen LogP contribution in [0.1, 0.15) is 54.6 Å². The van der Waals surface area contributed by atoms with Gasteiger partial charge >= 0.3 is 5.97 Å². The van der Waals surface area contributed by atoms with Crippen LogP contribution in [0.3, 0.4) is 0 Å². The van der Waals surface area contributed by atoms with E-state index in [1.807, 2.05) is 31.2 Å². The maximum absolute atomic E-state index is 13.1. The van der Waals surface area contributed by atoms with Gasteiger partial charge in [-0.3, -0.25) is 0 Å². The average molecular weight is 478 g/mol. The summed E-state index contributed by atoms with van der Waals surface area (Å²) in [6.07, 6.45) is 7.81. The van der Waals surface area contributed by atoms with Crippen molar-refractivity contribution in [2.24, 2.45) is 17.8 Å². The standard InChI is InChI=1S/C29H35NO5/c1-18-26(28(32)34-10-9-33-2)24-14-25(31)22-5-3-4-6-23(22)27(24)30(18)7-8-35-29-15-19-11-20(16-29)13-21(12-19)17-29/h3-6,14,19-21,31H,7-13,15-17H2,1-2H3. The summed E-state index contributed by atoms with van der Waals surface area (Å²) in [4.78, 5) is 13.1. The highest BCUT2D eigenvalue weighted by atomic mass is 16.6. The van der Waals surface area contributed by atoms with Crippen LogP contribution in [0.25, 0.3) is 21.7 Å². The number of methoxy groups -OCH3 is 1. The third-order valence-corrected chi connectivity index (χ3v) is 8.73. The third kappa shape index (κ3) is 3.91. The molecule has 0 spiro atoms. The molecule has 4 fully saturated rings.